The number of hydrogen-bond donors (Lipinski definition) is 2. The molecule has 1 saturated carbocycles. The van der Waals surface area contributed by atoms with E-state index in [4.69, 9.17) is 5.73 Å². The van der Waals surface area contributed by atoms with Gasteiger partial charge in [0.2, 0.25) is 0 Å². The van der Waals surface area contributed by atoms with E-state index < -0.39 is 0 Å². The zero-order chi connectivity index (χ0) is 11.9. The highest BCUT2D eigenvalue weighted by Crippen LogP contribution is 2.43. The molecule has 2 heterocycles. The molecule has 0 aromatic carbocycles. The first kappa shape index (κ1) is 10.5. The minimum absolute atomic E-state index is 0.328. The highest BCUT2D eigenvalue weighted by Gasteiger charge is 2.41. The summed E-state index contributed by atoms with van der Waals surface area (Å²) < 4.78 is 0. The van der Waals surface area contributed by atoms with E-state index in [1.807, 2.05) is 18.3 Å². The van der Waals surface area contributed by atoms with Crippen LogP contribution in [0.1, 0.15) is 25.6 Å². The molecule has 0 amide bonds. The fraction of sp³-hybridized carbons (Fsp3) is 0.385. The maximum absolute atomic E-state index is 6.33. The number of H-pyrrole nitrogens is 1. The number of rotatable bonds is 3. The summed E-state index contributed by atoms with van der Waals surface area (Å²) in [5.41, 5.74) is 8.09. The summed E-state index contributed by atoms with van der Waals surface area (Å²) in [6.45, 7) is 2.06. The predicted molar refractivity (Wildman–Crippen MR) is 66.1 cm³/mol. The molecule has 0 bridgehead atoms. The normalized spacial score (nSPS) is 18.9. The van der Waals surface area contributed by atoms with Crippen molar-refractivity contribution in [2.24, 2.45) is 11.7 Å². The molecule has 0 radical (unpaired) electrons. The Hall–Kier alpha value is -1.68. The average Bonchev–Trinajstić information content (AvgIpc) is 3.08. The van der Waals surface area contributed by atoms with E-state index >= 15 is 0 Å². The molecule has 3 rings (SSSR count). The molecule has 1 aliphatic carbocycles. The maximum Gasteiger partial charge on any atom is 0.126 e. The maximum atomic E-state index is 6.33. The Bertz CT molecular complexity index is 511. The number of imidazole rings is 1. The number of pyridine rings is 1. The molecule has 4 nitrogen and oxygen atoms in total. The number of nitrogens with two attached hydrogens (primary N) is 1. The van der Waals surface area contributed by atoms with Crippen LogP contribution in [-0.4, -0.2) is 15.0 Å². The van der Waals surface area contributed by atoms with Crippen LogP contribution in [0.2, 0.25) is 0 Å². The van der Waals surface area contributed by atoms with Crippen LogP contribution in [0.3, 0.4) is 0 Å². The van der Waals surface area contributed by atoms with Crippen LogP contribution < -0.4 is 5.73 Å². The lowest BCUT2D eigenvalue weighted by Gasteiger charge is -2.21. The Kier molecular flexibility index (Phi) is 2.26. The van der Waals surface area contributed by atoms with Gasteiger partial charge < -0.3 is 10.7 Å². The monoisotopic (exact) mass is 228 g/mol. The Morgan fingerprint density at radius 3 is 2.71 bits per heavy atom. The van der Waals surface area contributed by atoms with Crippen molar-refractivity contribution in [1.82, 2.24) is 15.0 Å². The molecule has 0 spiro atoms. The van der Waals surface area contributed by atoms with Gasteiger partial charge in [0.05, 0.1) is 17.4 Å². The van der Waals surface area contributed by atoms with Gasteiger partial charge in [-0.3, -0.25) is 4.98 Å². The van der Waals surface area contributed by atoms with Gasteiger partial charge in [0.25, 0.3) is 0 Å². The van der Waals surface area contributed by atoms with Crippen molar-refractivity contribution in [3.05, 3.63) is 36.5 Å². The highest BCUT2D eigenvalue weighted by atomic mass is 15.0. The van der Waals surface area contributed by atoms with E-state index in [1.54, 1.807) is 12.4 Å². The zero-order valence-electron chi connectivity index (χ0n) is 9.85. The molecule has 1 aliphatic rings. The van der Waals surface area contributed by atoms with Crippen molar-refractivity contribution in [1.29, 1.82) is 0 Å². The lowest BCUT2D eigenvalue weighted by molar-refractivity contribution is 0.404. The molecular weight excluding hydrogens is 212 g/mol. The second-order valence-electron chi connectivity index (χ2n) is 4.94. The standard InChI is InChI=1S/C13H16N4/c1-13(14,10-2-3-10)12-16-8-11(17-12)9-4-6-15-7-5-9/h4-8,10H,2-3,14H2,1H3,(H,16,17). The molecule has 3 N–H and O–H groups in total. The van der Waals surface area contributed by atoms with Crippen LogP contribution >= 0.6 is 0 Å². The van der Waals surface area contributed by atoms with Crippen molar-refractivity contribution >= 4 is 0 Å². The largest absolute Gasteiger partial charge is 0.340 e. The van der Waals surface area contributed by atoms with Crippen LogP contribution in [0.5, 0.6) is 0 Å². The lowest BCUT2D eigenvalue weighted by atomic mass is 9.97. The quantitative estimate of drug-likeness (QED) is 0.845. The van der Waals surface area contributed by atoms with Crippen LogP contribution in [-0.2, 0) is 5.54 Å². The van der Waals surface area contributed by atoms with Gasteiger partial charge in [0.1, 0.15) is 5.82 Å². The average molecular weight is 228 g/mol. The molecule has 0 aliphatic heterocycles. The van der Waals surface area contributed by atoms with E-state index in [0.29, 0.717) is 5.92 Å². The third-order valence-corrected chi connectivity index (χ3v) is 3.50. The summed E-state index contributed by atoms with van der Waals surface area (Å²) in [5, 5.41) is 0. The summed E-state index contributed by atoms with van der Waals surface area (Å²) in [6, 6.07) is 3.92. The topological polar surface area (TPSA) is 67.6 Å². The van der Waals surface area contributed by atoms with E-state index in [2.05, 4.69) is 21.9 Å². The minimum Gasteiger partial charge on any atom is -0.340 e. The molecule has 1 fully saturated rings. The summed E-state index contributed by atoms with van der Waals surface area (Å²) in [5.74, 6) is 1.45. The second-order valence-corrected chi connectivity index (χ2v) is 4.94. The molecule has 17 heavy (non-hydrogen) atoms. The van der Waals surface area contributed by atoms with Gasteiger partial charge in [-0.25, -0.2) is 4.98 Å². The third-order valence-electron chi connectivity index (χ3n) is 3.50. The smallest absolute Gasteiger partial charge is 0.126 e. The van der Waals surface area contributed by atoms with Gasteiger partial charge in [-0.1, -0.05) is 0 Å². The first-order valence-corrected chi connectivity index (χ1v) is 5.92. The number of hydrogen-bond acceptors (Lipinski definition) is 3. The van der Waals surface area contributed by atoms with Crippen molar-refractivity contribution in [2.45, 2.75) is 25.3 Å². The predicted octanol–water partition coefficient (Wildman–Crippen LogP) is 2.06. The first-order valence-electron chi connectivity index (χ1n) is 5.92. The summed E-state index contributed by atoms with van der Waals surface area (Å²) >= 11 is 0. The fourth-order valence-corrected chi connectivity index (χ4v) is 2.15. The third kappa shape index (κ3) is 1.85. The molecule has 0 saturated heterocycles. The van der Waals surface area contributed by atoms with Gasteiger partial charge >= 0.3 is 0 Å². The molecule has 88 valence electrons. The number of aromatic nitrogens is 3. The Balaban J connectivity index is 1.93. The van der Waals surface area contributed by atoms with Gasteiger partial charge in [0, 0.05) is 18.0 Å². The fourth-order valence-electron chi connectivity index (χ4n) is 2.15. The van der Waals surface area contributed by atoms with Crippen LogP contribution in [0.25, 0.3) is 11.3 Å². The van der Waals surface area contributed by atoms with Gasteiger partial charge in [-0.05, 0) is 37.8 Å². The van der Waals surface area contributed by atoms with E-state index in [0.717, 1.165) is 17.1 Å². The van der Waals surface area contributed by atoms with Crippen molar-refractivity contribution in [2.75, 3.05) is 0 Å². The van der Waals surface area contributed by atoms with Crippen molar-refractivity contribution < 1.29 is 0 Å². The Morgan fingerprint density at radius 2 is 2.06 bits per heavy atom. The highest BCUT2D eigenvalue weighted by molar-refractivity contribution is 5.57. The van der Waals surface area contributed by atoms with E-state index in [-0.39, 0.29) is 5.54 Å². The molecule has 2 aromatic rings. The van der Waals surface area contributed by atoms with Crippen molar-refractivity contribution in [3.8, 4) is 11.3 Å². The molecular formula is C13H16N4. The molecule has 1 unspecified atom stereocenters. The van der Waals surface area contributed by atoms with Gasteiger partial charge in [-0.15, -0.1) is 0 Å². The van der Waals surface area contributed by atoms with Crippen LogP contribution in [0.4, 0.5) is 0 Å². The SMILES string of the molecule is CC(N)(c1ncc(-c2ccncc2)[nH]1)C1CC1. The first-order chi connectivity index (χ1) is 8.18. The van der Waals surface area contributed by atoms with Crippen LogP contribution in [0, 0.1) is 5.92 Å². The summed E-state index contributed by atoms with van der Waals surface area (Å²) in [7, 11) is 0. The van der Waals surface area contributed by atoms with Gasteiger partial charge in [0.15, 0.2) is 0 Å². The summed E-state index contributed by atoms with van der Waals surface area (Å²) in [4.78, 5) is 11.8. The Morgan fingerprint density at radius 1 is 1.35 bits per heavy atom. The number of nitrogens with one attached hydrogen (secondary N) is 1. The van der Waals surface area contributed by atoms with E-state index in [1.165, 1.54) is 12.8 Å². The molecule has 4 heteroatoms. The number of nitrogens with zero attached hydrogens (tertiary/aromatic N) is 2. The van der Waals surface area contributed by atoms with Gasteiger partial charge in [-0.2, -0.15) is 0 Å². The molecule has 2 aromatic heterocycles. The molecule has 1 atom stereocenters. The minimum atomic E-state index is -0.328. The van der Waals surface area contributed by atoms with Crippen LogP contribution in [0.15, 0.2) is 30.7 Å². The number of aromatic amines is 1. The Labute approximate surface area is 100 Å². The van der Waals surface area contributed by atoms with Crippen molar-refractivity contribution in [3.63, 3.8) is 0 Å². The second kappa shape index (κ2) is 3.67. The van der Waals surface area contributed by atoms with E-state index in [9.17, 15) is 0 Å². The summed E-state index contributed by atoms with van der Waals surface area (Å²) in [6.07, 6.45) is 7.81. The zero-order valence-corrected chi connectivity index (χ0v) is 9.85. The lowest BCUT2D eigenvalue weighted by Crippen LogP contribution is -2.36.